The van der Waals surface area contributed by atoms with Crippen LogP contribution in [0.4, 0.5) is 11.7 Å². The van der Waals surface area contributed by atoms with Crippen LogP contribution in [-0.2, 0) is 0 Å². The molecule has 3 rings (SSSR count). The summed E-state index contributed by atoms with van der Waals surface area (Å²) >= 11 is 0. The molecular weight excluding hydrogens is 230 g/mol. The zero-order chi connectivity index (χ0) is 12.5. The van der Waals surface area contributed by atoms with Gasteiger partial charge in [-0.15, -0.1) is 0 Å². The van der Waals surface area contributed by atoms with Crippen molar-refractivity contribution in [2.45, 2.75) is 13.0 Å². The average molecular weight is 243 g/mol. The van der Waals surface area contributed by atoms with Crippen LogP contribution in [0.25, 0.3) is 11.1 Å². The van der Waals surface area contributed by atoms with Crippen LogP contribution in [0.3, 0.4) is 0 Å². The predicted octanol–water partition coefficient (Wildman–Crippen LogP) is 2.31. The molecule has 92 valence electrons. The number of fused-ring (bicyclic) bond motifs is 1. The highest BCUT2D eigenvalue weighted by atomic mass is 16.4. The van der Waals surface area contributed by atoms with E-state index in [2.05, 4.69) is 20.5 Å². The average Bonchev–Trinajstić information content (AvgIpc) is 2.95. The van der Waals surface area contributed by atoms with Crippen LogP contribution in [0.15, 0.2) is 35.0 Å². The largest absolute Gasteiger partial charge is 0.424 e. The summed E-state index contributed by atoms with van der Waals surface area (Å²) < 4.78 is 5.58. The Bertz CT molecular complexity index is 658. The van der Waals surface area contributed by atoms with Gasteiger partial charge in [0.15, 0.2) is 5.58 Å². The predicted molar refractivity (Wildman–Crippen MR) is 69.0 cm³/mol. The van der Waals surface area contributed by atoms with Gasteiger partial charge in [-0.25, -0.2) is 0 Å². The highest BCUT2D eigenvalue weighted by Gasteiger charge is 2.11. The van der Waals surface area contributed by atoms with E-state index in [1.807, 2.05) is 19.2 Å². The number of aromatic nitrogens is 3. The maximum absolute atomic E-state index is 5.70. The Labute approximate surface area is 103 Å². The summed E-state index contributed by atoms with van der Waals surface area (Å²) in [7, 11) is 0. The van der Waals surface area contributed by atoms with E-state index in [9.17, 15) is 0 Å². The Morgan fingerprint density at radius 2 is 2.33 bits per heavy atom. The number of oxazole rings is 1. The van der Waals surface area contributed by atoms with Gasteiger partial charge in [0.05, 0.1) is 12.2 Å². The van der Waals surface area contributed by atoms with Crippen LogP contribution >= 0.6 is 0 Å². The van der Waals surface area contributed by atoms with Crippen LogP contribution in [0.2, 0.25) is 0 Å². The number of nitrogens with zero attached hydrogens (tertiary/aromatic N) is 2. The van der Waals surface area contributed by atoms with Crippen LogP contribution < -0.4 is 11.1 Å². The minimum Gasteiger partial charge on any atom is -0.424 e. The summed E-state index contributed by atoms with van der Waals surface area (Å²) in [6.45, 7) is 2.01. The molecule has 2 aromatic heterocycles. The number of nitrogens with two attached hydrogens (primary N) is 1. The first-order valence-electron chi connectivity index (χ1n) is 5.63. The molecule has 3 aromatic rings. The fourth-order valence-electron chi connectivity index (χ4n) is 1.77. The standard InChI is InChI=1S/C12H13N5O/c1-7(8-5-14-15-6-8)16-12-17-10-4-9(13)2-3-11(10)18-12/h2-7H,13H2,1H3,(H,14,15)(H,16,17). The normalized spacial score (nSPS) is 12.7. The molecule has 1 aromatic carbocycles. The minimum atomic E-state index is 0.0640. The fraction of sp³-hybridized carbons (Fsp3) is 0.167. The Kier molecular flexibility index (Phi) is 2.40. The number of nitrogen functional groups attached to an aromatic ring is 1. The van der Waals surface area contributed by atoms with Gasteiger partial charge in [-0.1, -0.05) is 0 Å². The third-order valence-electron chi connectivity index (χ3n) is 2.77. The first-order chi connectivity index (χ1) is 8.72. The van der Waals surface area contributed by atoms with Crippen molar-refractivity contribution >= 4 is 22.8 Å². The molecule has 0 amide bonds. The quantitative estimate of drug-likeness (QED) is 0.614. The summed E-state index contributed by atoms with van der Waals surface area (Å²) in [5.41, 5.74) is 8.87. The number of anilines is 2. The summed E-state index contributed by atoms with van der Waals surface area (Å²) in [4.78, 5) is 4.34. The van der Waals surface area contributed by atoms with E-state index < -0.39 is 0 Å². The van der Waals surface area contributed by atoms with E-state index in [1.165, 1.54) is 0 Å². The van der Waals surface area contributed by atoms with Crippen molar-refractivity contribution in [3.63, 3.8) is 0 Å². The van der Waals surface area contributed by atoms with Crippen LogP contribution in [0.1, 0.15) is 18.5 Å². The summed E-state index contributed by atoms with van der Waals surface area (Å²) in [5.74, 6) is 0. The van der Waals surface area contributed by atoms with E-state index in [4.69, 9.17) is 10.2 Å². The maximum Gasteiger partial charge on any atom is 0.296 e. The van der Waals surface area contributed by atoms with Gasteiger partial charge >= 0.3 is 0 Å². The fourth-order valence-corrected chi connectivity index (χ4v) is 1.77. The van der Waals surface area contributed by atoms with Crippen molar-refractivity contribution in [2.24, 2.45) is 0 Å². The zero-order valence-corrected chi connectivity index (χ0v) is 9.84. The smallest absolute Gasteiger partial charge is 0.296 e. The molecule has 4 N–H and O–H groups in total. The van der Waals surface area contributed by atoms with E-state index in [-0.39, 0.29) is 6.04 Å². The molecule has 0 fully saturated rings. The molecule has 1 atom stereocenters. The van der Waals surface area contributed by atoms with Gasteiger partial charge in [0.1, 0.15) is 5.52 Å². The second-order valence-electron chi connectivity index (χ2n) is 4.14. The van der Waals surface area contributed by atoms with Gasteiger partial charge in [0.25, 0.3) is 6.01 Å². The summed E-state index contributed by atoms with van der Waals surface area (Å²) in [6, 6.07) is 5.92. The maximum atomic E-state index is 5.70. The van der Waals surface area contributed by atoms with Gasteiger partial charge in [-0.3, -0.25) is 5.10 Å². The third-order valence-corrected chi connectivity index (χ3v) is 2.77. The molecule has 6 nitrogen and oxygen atoms in total. The van der Waals surface area contributed by atoms with Crippen LogP contribution in [-0.4, -0.2) is 15.2 Å². The highest BCUT2D eigenvalue weighted by Crippen LogP contribution is 2.23. The second kappa shape index (κ2) is 4.06. The molecule has 6 heteroatoms. The molecule has 18 heavy (non-hydrogen) atoms. The molecule has 0 aliphatic rings. The number of aromatic amines is 1. The lowest BCUT2D eigenvalue weighted by atomic mass is 10.2. The highest BCUT2D eigenvalue weighted by molar-refractivity contribution is 5.78. The summed E-state index contributed by atoms with van der Waals surface area (Å²) in [6.07, 6.45) is 3.59. The van der Waals surface area contributed by atoms with Crippen molar-refractivity contribution in [3.05, 3.63) is 36.2 Å². The molecule has 0 aliphatic heterocycles. The molecule has 0 saturated heterocycles. The first kappa shape index (κ1) is 10.6. The molecule has 2 heterocycles. The number of hydrogen-bond donors (Lipinski definition) is 3. The first-order valence-corrected chi connectivity index (χ1v) is 5.63. The lowest BCUT2D eigenvalue weighted by Crippen LogP contribution is -2.05. The molecule has 1 unspecified atom stereocenters. The molecule has 0 saturated carbocycles. The van der Waals surface area contributed by atoms with Gasteiger partial charge in [-0.2, -0.15) is 10.1 Å². The van der Waals surface area contributed by atoms with Crippen molar-refractivity contribution < 1.29 is 4.42 Å². The molecule has 0 aliphatic carbocycles. The topological polar surface area (TPSA) is 92.8 Å². The lowest BCUT2D eigenvalue weighted by molar-refractivity contribution is 0.604. The van der Waals surface area contributed by atoms with Gasteiger partial charge in [-0.05, 0) is 25.1 Å². The van der Waals surface area contributed by atoms with Crippen molar-refractivity contribution in [1.82, 2.24) is 15.2 Å². The summed E-state index contributed by atoms with van der Waals surface area (Å²) in [5, 5.41) is 9.85. The van der Waals surface area contributed by atoms with Gasteiger partial charge in [0, 0.05) is 17.4 Å². The van der Waals surface area contributed by atoms with E-state index in [0.717, 1.165) is 11.1 Å². The van der Waals surface area contributed by atoms with Crippen LogP contribution in [0, 0.1) is 0 Å². The molecular formula is C12H13N5O. The molecule has 0 spiro atoms. The number of hydrogen-bond acceptors (Lipinski definition) is 5. The van der Waals surface area contributed by atoms with E-state index in [0.29, 0.717) is 17.3 Å². The monoisotopic (exact) mass is 243 g/mol. The SMILES string of the molecule is CC(Nc1nc2cc(N)ccc2o1)c1cn[nH]c1. The second-order valence-corrected chi connectivity index (χ2v) is 4.14. The number of H-pyrrole nitrogens is 1. The number of rotatable bonds is 3. The van der Waals surface area contributed by atoms with Crippen molar-refractivity contribution in [2.75, 3.05) is 11.1 Å². The Hall–Kier alpha value is -2.50. The Morgan fingerprint density at radius 1 is 1.44 bits per heavy atom. The van der Waals surface area contributed by atoms with Gasteiger partial charge in [0.2, 0.25) is 0 Å². The number of nitrogens with one attached hydrogen (secondary N) is 2. The Morgan fingerprint density at radius 3 is 3.11 bits per heavy atom. The van der Waals surface area contributed by atoms with Gasteiger partial charge < -0.3 is 15.5 Å². The van der Waals surface area contributed by atoms with Crippen molar-refractivity contribution in [1.29, 1.82) is 0 Å². The van der Waals surface area contributed by atoms with Crippen LogP contribution in [0.5, 0.6) is 0 Å². The minimum absolute atomic E-state index is 0.0640. The molecule has 0 bridgehead atoms. The zero-order valence-electron chi connectivity index (χ0n) is 9.84. The molecule has 0 radical (unpaired) electrons. The Balaban J connectivity index is 1.86. The number of benzene rings is 1. The lowest BCUT2D eigenvalue weighted by Gasteiger charge is -2.08. The third kappa shape index (κ3) is 1.88. The van der Waals surface area contributed by atoms with Crippen molar-refractivity contribution in [3.8, 4) is 0 Å². The van der Waals surface area contributed by atoms with E-state index >= 15 is 0 Å². The van der Waals surface area contributed by atoms with E-state index in [1.54, 1.807) is 18.3 Å².